The molecule has 0 unspecified atom stereocenters. The third kappa shape index (κ3) is 2.32. The molecule has 0 saturated heterocycles. The van der Waals surface area contributed by atoms with Crippen molar-refractivity contribution in [2.24, 2.45) is 0 Å². The van der Waals surface area contributed by atoms with E-state index in [2.05, 4.69) is 10.3 Å². The van der Waals surface area contributed by atoms with Crippen molar-refractivity contribution < 1.29 is 5.11 Å². The fourth-order valence-corrected chi connectivity index (χ4v) is 0.881. The molecule has 68 valence electrons. The Morgan fingerprint density at radius 2 is 2.46 bits per heavy atom. The lowest BCUT2D eigenvalue weighted by molar-refractivity contribution is 0.311. The SMILES string of the molecule is N#Cc1cc(N)cnc1NCCO. The second-order valence-electron chi connectivity index (χ2n) is 2.43. The monoisotopic (exact) mass is 178 g/mol. The molecule has 1 heterocycles. The lowest BCUT2D eigenvalue weighted by atomic mass is 10.2. The van der Waals surface area contributed by atoms with E-state index >= 15 is 0 Å². The van der Waals surface area contributed by atoms with Crippen LogP contribution < -0.4 is 11.1 Å². The maximum atomic E-state index is 8.69. The minimum Gasteiger partial charge on any atom is -0.397 e. The molecular weight excluding hydrogens is 168 g/mol. The molecule has 13 heavy (non-hydrogen) atoms. The number of nitrogens with zero attached hydrogens (tertiary/aromatic N) is 2. The quantitative estimate of drug-likeness (QED) is 0.602. The highest BCUT2D eigenvalue weighted by Gasteiger charge is 2.02. The summed E-state index contributed by atoms with van der Waals surface area (Å²) in [6.07, 6.45) is 1.46. The van der Waals surface area contributed by atoms with Gasteiger partial charge in [-0.25, -0.2) is 4.98 Å². The largest absolute Gasteiger partial charge is 0.397 e. The van der Waals surface area contributed by atoms with Gasteiger partial charge in [-0.1, -0.05) is 0 Å². The molecule has 5 heteroatoms. The number of aromatic nitrogens is 1. The number of rotatable bonds is 3. The van der Waals surface area contributed by atoms with Crippen LogP contribution in [0.4, 0.5) is 11.5 Å². The minimum atomic E-state index is -0.00305. The van der Waals surface area contributed by atoms with Gasteiger partial charge in [-0.15, -0.1) is 0 Å². The first-order chi connectivity index (χ1) is 6.27. The number of nitrogens with two attached hydrogens (primary N) is 1. The fraction of sp³-hybridized carbons (Fsp3) is 0.250. The van der Waals surface area contributed by atoms with Crippen molar-refractivity contribution in [1.29, 1.82) is 5.26 Å². The summed E-state index contributed by atoms with van der Waals surface area (Å²) in [6.45, 7) is 0.364. The van der Waals surface area contributed by atoms with Crippen LogP contribution in [0.1, 0.15) is 5.56 Å². The van der Waals surface area contributed by atoms with Crippen LogP contribution in [0.15, 0.2) is 12.3 Å². The Bertz CT molecular complexity index is 331. The van der Waals surface area contributed by atoms with Crippen molar-refractivity contribution in [3.05, 3.63) is 17.8 Å². The summed E-state index contributed by atoms with van der Waals surface area (Å²) in [5.41, 5.74) is 6.27. The van der Waals surface area contributed by atoms with Crippen molar-refractivity contribution in [3.8, 4) is 6.07 Å². The number of aliphatic hydroxyl groups is 1. The topological polar surface area (TPSA) is 95.0 Å². The van der Waals surface area contributed by atoms with E-state index in [1.165, 1.54) is 12.3 Å². The molecule has 1 aromatic rings. The molecule has 0 aliphatic heterocycles. The maximum Gasteiger partial charge on any atom is 0.144 e. The number of anilines is 2. The first-order valence-electron chi connectivity index (χ1n) is 3.78. The zero-order valence-electron chi connectivity index (χ0n) is 6.99. The molecule has 0 atom stereocenters. The third-order valence-electron chi connectivity index (χ3n) is 1.43. The van der Waals surface area contributed by atoms with E-state index in [0.717, 1.165) is 0 Å². The van der Waals surface area contributed by atoms with Crippen LogP contribution in [0.5, 0.6) is 0 Å². The standard InChI is InChI=1S/C8H10N4O/c9-4-6-3-7(10)5-12-8(6)11-1-2-13/h3,5,13H,1-2,10H2,(H,11,12). The molecule has 0 bridgehead atoms. The predicted octanol–water partition coefficient (Wildman–Crippen LogP) is -0.0603. The van der Waals surface area contributed by atoms with Gasteiger partial charge in [0, 0.05) is 6.54 Å². The van der Waals surface area contributed by atoms with Crippen LogP contribution in [0.2, 0.25) is 0 Å². The Kier molecular flexibility index (Phi) is 3.06. The average molecular weight is 178 g/mol. The van der Waals surface area contributed by atoms with Crippen LogP contribution in [0, 0.1) is 11.3 Å². The van der Waals surface area contributed by atoms with Gasteiger partial charge in [0.15, 0.2) is 0 Å². The van der Waals surface area contributed by atoms with Gasteiger partial charge in [0.2, 0.25) is 0 Å². The Morgan fingerprint density at radius 3 is 3.08 bits per heavy atom. The van der Waals surface area contributed by atoms with Crippen LogP contribution in [0.25, 0.3) is 0 Å². The number of nitrogen functional groups attached to an aromatic ring is 1. The van der Waals surface area contributed by atoms with E-state index < -0.39 is 0 Å². The second-order valence-corrected chi connectivity index (χ2v) is 2.43. The normalized spacial score (nSPS) is 9.23. The average Bonchev–Trinajstić information content (AvgIpc) is 2.16. The third-order valence-corrected chi connectivity index (χ3v) is 1.43. The van der Waals surface area contributed by atoms with E-state index in [-0.39, 0.29) is 6.61 Å². The van der Waals surface area contributed by atoms with Gasteiger partial charge in [0.25, 0.3) is 0 Å². The second kappa shape index (κ2) is 4.28. The lowest BCUT2D eigenvalue weighted by Gasteiger charge is -2.04. The van der Waals surface area contributed by atoms with Gasteiger partial charge in [-0.2, -0.15) is 5.26 Å². The summed E-state index contributed by atoms with van der Waals surface area (Å²) in [5.74, 6) is 0.450. The van der Waals surface area contributed by atoms with Crippen LogP contribution in [-0.4, -0.2) is 23.2 Å². The van der Waals surface area contributed by atoms with Crippen LogP contribution in [0.3, 0.4) is 0 Å². The highest BCUT2D eigenvalue weighted by atomic mass is 16.3. The van der Waals surface area contributed by atoms with Gasteiger partial charge < -0.3 is 16.2 Å². The molecular formula is C8H10N4O. The molecule has 1 rings (SSSR count). The number of hydrogen-bond donors (Lipinski definition) is 3. The van der Waals surface area contributed by atoms with Crippen LogP contribution >= 0.6 is 0 Å². The summed E-state index contributed by atoms with van der Waals surface area (Å²) in [5, 5.41) is 20.0. The zero-order valence-corrected chi connectivity index (χ0v) is 6.99. The van der Waals surface area contributed by atoms with Gasteiger partial charge in [0.05, 0.1) is 24.1 Å². The van der Waals surface area contributed by atoms with Crippen molar-refractivity contribution in [2.75, 3.05) is 24.2 Å². The predicted molar refractivity (Wildman–Crippen MR) is 48.9 cm³/mol. The Balaban J connectivity index is 2.88. The van der Waals surface area contributed by atoms with Crippen molar-refractivity contribution in [1.82, 2.24) is 4.98 Å². The number of aliphatic hydroxyl groups excluding tert-OH is 1. The molecule has 5 nitrogen and oxygen atoms in total. The number of nitrogens with one attached hydrogen (secondary N) is 1. The summed E-state index contributed by atoms with van der Waals surface area (Å²) in [4.78, 5) is 3.92. The van der Waals surface area contributed by atoms with E-state index in [4.69, 9.17) is 16.1 Å². The molecule has 1 aromatic heterocycles. The molecule has 0 radical (unpaired) electrons. The van der Waals surface area contributed by atoms with Gasteiger partial charge in [0.1, 0.15) is 11.9 Å². The molecule has 0 aliphatic carbocycles. The number of hydrogen-bond acceptors (Lipinski definition) is 5. The Labute approximate surface area is 75.8 Å². The van der Waals surface area contributed by atoms with E-state index in [1.54, 1.807) is 0 Å². The van der Waals surface area contributed by atoms with Crippen LogP contribution in [-0.2, 0) is 0 Å². The molecule has 0 saturated carbocycles. The smallest absolute Gasteiger partial charge is 0.144 e. The van der Waals surface area contributed by atoms with Crippen molar-refractivity contribution in [3.63, 3.8) is 0 Å². The lowest BCUT2D eigenvalue weighted by Crippen LogP contribution is -2.08. The highest BCUT2D eigenvalue weighted by Crippen LogP contribution is 2.13. The molecule has 0 aromatic carbocycles. The Hall–Kier alpha value is -1.80. The van der Waals surface area contributed by atoms with Crippen molar-refractivity contribution in [2.45, 2.75) is 0 Å². The first-order valence-corrected chi connectivity index (χ1v) is 3.78. The molecule has 0 fully saturated rings. The molecule has 0 spiro atoms. The minimum absolute atomic E-state index is 0.00305. The zero-order chi connectivity index (χ0) is 9.68. The summed E-state index contributed by atoms with van der Waals surface area (Å²) in [6, 6.07) is 3.49. The summed E-state index contributed by atoms with van der Waals surface area (Å²) < 4.78 is 0. The number of nitriles is 1. The highest BCUT2D eigenvalue weighted by molar-refractivity contribution is 5.57. The molecule has 0 aliphatic rings. The van der Waals surface area contributed by atoms with E-state index in [1.807, 2.05) is 6.07 Å². The van der Waals surface area contributed by atoms with Gasteiger partial charge in [-0.3, -0.25) is 0 Å². The maximum absolute atomic E-state index is 8.69. The summed E-state index contributed by atoms with van der Waals surface area (Å²) >= 11 is 0. The van der Waals surface area contributed by atoms with E-state index in [9.17, 15) is 0 Å². The van der Waals surface area contributed by atoms with Gasteiger partial charge in [-0.05, 0) is 6.07 Å². The molecule has 0 amide bonds. The summed E-state index contributed by atoms with van der Waals surface area (Å²) in [7, 11) is 0. The van der Waals surface area contributed by atoms with E-state index in [0.29, 0.717) is 23.6 Å². The Morgan fingerprint density at radius 1 is 1.69 bits per heavy atom. The molecule has 4 N–H and O–H groups in total. The number of pyridine rings is 1. The van der Waals surface area contributed by atoms with Gasteiger partial charge >= 0.3 is 0 Å². The van der Waals surface area contributed by atoms with Crippen molar-refractivity contribution >= 4 is 11.5 Å². The first kappa shape index (κ1) is 9.29. The fourth-order valence-electron chi connectivity index (χ4n) is 0.881.